The standard InChI is InChI=1S/C23H20ClF3N4O2/c1-13-2-3-16(29-22(32)15-4-7-28-20(10-15)23(25,26)27)11-17(13)19-12-18(21(24)31-30-19)14-5-8-33-9-6-14/h2-4,7,10-12,14H,5-6,8-9H2,1H3,(H,29,32). The lowest BCUT2D eigenvalue weighted by Crippen LogP contribution is -2.15. The van der Waals surface area contributed by atoms with Gasteiger partial charge in [-0.25, -0.2) is 0 Å². The number of hydrogen-bond acceptors (Lipinski definition) is 5. The molecule has 6 nitrogen and oxygen atoms in total. The second kappa shape index (κ2) is 9.44. The largest absolute Gasteiger partial charge is 0.433 e. The van der Waals surface area contributed by atoms with Gasteiger partial charge in [-0.05, 0) is 67.1 Å². The minimum absolute atomic E-state index is 0.146. The number of rotatable bonds is 4. The molecule has 4 rings (SSSR count). The zero-order chi connectivity index (χ0) is 23.6. The molecule has 10 heteroatoms. The van der Waals surface area contributed by atoms with Crippen LogP contribution in [0, 0.1) is 6.92 Å². The first-order valence-electron chi connectivity index (χ1n) is 10.3. The van der Waals surface area contributed by atoms with E-state index in [1.807, 2.05) is 13.0 Å². The molecular formula is C23H20ClF3N4O2. The third-order valence-corrected chi connectivity index (χ3v) is 5.81. The molecular weight excluding hydrogens is 457 g/mol. The minimum atomic E-state index is -4.64. The Morgan fingerprint density at radius 3 is 2.61 bits per heavy atom. The van der Waals surface area contributed by atoms with Crippen LogP contribution in [0.3, 0.4) is 0 Å². The number of aryl methyl sites for hydroxylation is 1. The third kappa shape index (κ3) is 5.31. The first-order chi connectivity index (χ1) is 15.7. The van der Waals surface area contributed by atoms with Crippen molar-refractivity contribution in [1.82, 2.24) is 15.2 Å². The van der Waals surface area contributed by atoms with Crippen molar-refractivity contribution in [3.05, 3.63) is 70.1 Å². The van der Waals surface area contributed by atoms with E-state index in [4.69, 9.17) is 16.3 Å². The van der Waals surface area contributed by atoms with Gasteiger partial charge < -0.3 is 10.1 Å². The molecule has 1 amide bonds. The number of ether oxygens (including phenoxy) is 1. The van der Waals surface area contributed by atoms with Crippen molar-refractivity contribution in [3.63, 3.8) is 0 Å². The smallest absolute Gasteiger partial charge is 0.381 e. The fourth-order valence-corrected chi connectivity index (χ4v) is 3.97. The maximum Gasteiger partial charge on any atom is 0.433 e. The number of hydrogen-bond donors (Lipinski definition) is 1. The molecule has 0 saturated carbocycles. The summed E-state index contributed by atoms with van der Waals surface area (Å²) in [6.45, 7) is 3.21. The van der Waals surface area contributed by atoms with Crippen LogP contribution in [-0.4, -0.2) is 34.3 Å². The Morgan fingerprint density at radius 2 is 1.88 bits per heavy atom. The van der Waals surface area contributed by atoms with Crippen LogP contribution in [0.15, 0.2) is 42.6 Å². The van der Waals surface area contributed by atoms with E-state index in [9.17, 15) is 18.0 Å². The zero-order valence-corrected chi connectivity index (χ0v) is 18.4. The molecule has 1 aromatic carbocycles. The minimum Gasteiger partial charge on any atom is -0.381 e. The molecule has 0 unspecified atom stereocenters. The van der Waals surface area contributed by atoms with Crippen LogP contribution in [0.1, 0.15) is 45.9 Å². The van der Waals surface area contributed by atoms with Crippen LogP contribution in [0.2, 0.25) is 5.15 Å². The van der Waals surface area contributed by atoms with E-state index in [1.165, 1.54) is 6.07 Å². The number of alkyl halides is 3. The van der Waals surface area contributed by atoms with E-state index in [-0.39, 0.29) is 11.5 Å². The van der Waals surface area contributed by atoms with Crippen molar-refractivity contribution in [1.29, 1.82) is 0 Å². The molecule has 2 aromatic heterocycles. The van der Waals surface area contributed by atoms with Crippen molar-refractivity contribution in [3.8, 4) is 11.3 Å². The number of nitrogens with zero attached hydrogens (tertiary/aromatic N) is 3. The number of halogens is 4. The molecule has 0 bridgehead atoms. The van der Waals surface area contributed by atoms with Crippen LogP contribution in [0.5, 0.6) is 0 Å². The van der Waals surface area contributed by atoms with Gasteiger partial charge >= 0.3 is 6.18 Å². The SMILES string of the molecule is Cc1ccc(NC(=O)c2ccnc(C(F)(F)F)c2)cc1-c1cc(C2CCOCC2)c(Cl)nn1. The molecule has 1 saturated heterocycles. The Balaban J connectivity index is 1.61. The van der Waals surface area contributed by atoms with Crippen LogP contribution >= 0.6 is 11.6 Å². The van der Waals surface area contributed by atoms with E-state index in [0.717, 1.165) is 41.8 Å². The fourth-order valence-electron chi connectivity index (χ4n) is 3.72. The Hall–Kier alpha value is -3.04. The fraction of sp³-hybridized carbons (Fsp3) is 0.304. The van der Waals surface area contributed by atoms with Gasteiger partial charge in [0.25, 0.3) is 5.91 Å². The maximum absolute atomic E-state index is 12.9. The number of aromatic nitrogens is 3. The van der Waals surface area contributed by atoms with Gasteiger partial charge in [0.1, 0.15) is 5.69 Å². The first kappa shape index (κ1) is 23.1. The number of amides is 1. The molecule has 1 aliphatic heterocycles. The predicted molar refractivity (Wildman–Crippen MR) is 117 cm³/mol. The number of benzene rings is 1. The van der Waals surface area contributed by atoms with Gasteiger partial charge in [0, 0.05) is 36.2 Å². The van der Waals surface area contributed by atoms with Gasteiger partial charge in [-0.1, -0.05) is 17.7 Å². The summed E-state index contributed by atoms with van der Waals surface area (Å²) in [5, 5.41) is 11.3. The van der Waals surface area contributed by atoms with Crippen molar-refractivity contribution in [2.24, 2.45) is 0 Å². The van der Waals surface area contributed by atoms with Gasteiger partial charge in [0.15, 0.2) is 5.15 Å². The van der Waals surface area contributed by atoms with Gasteiger partial charge in [-0.3, -0.25) is 9.78 Å². The molecule has 0 spiro atoms. The molecule has 0 aliphatic carbocycles. The Morgan fingerprint density at radius 1 is 1.12 bits per heavy atom. The summed E-state index contributed by atoms with van der Waals surface area (Å²) < 4.78 is 44.2. The van der Waals surface area contributed by atoms with Crippen LogP contribution in [0.25, 0.3) is 11.3 Å². The van der Waals surface area contributed by atoms with E-state index in [2.05, 4.69) is 20.5 Å². The molecule has 0 atom stereocenters. The Labute approximate surface area is 193 Å². The molecule has 1 N–H and O–H groups in total. The highest BCUT2D eigenvalue weighted by Crippen LogP contribution is 2.34. The maximum atomic E-state index is 12.9. The quantitative estimate of drug-likeness (QED) is 0.525. The number of anilines is 1. The lowest BCUT2D eigenvalue weighted by Gasteiger charge is -2.23. The highest BCUT2D eigenvalue weighted by molar-refractivity contribution is 6.30. The van der Waals surface area contributed by atoms with Gasteiger partial charge in [0.2, 0.25) is 0 Å². The molecule has 3 aromatic rings. The first-order valence-corrected chi connectivity index (χ1v) is 10.7. The van der Waals surface area contributed by atoms with E-state index < -0.39 is 17.8 Å². The average Bonchev–Trinajstić information content (AvgIpc) is 2.81. The summed E-state index contributed by atoms with van der Waals surface area (Å²) >= 11 is 6.31. The van der Waals surface area contributed by atoms with E-state index in [0.29, 0.717) is 29.7 Å². The highest BCUT2D eigenvalue weighted by Gasteiger charge is 2.33. The van der Waals surface area contributed by atoms with Crippen molar-refractivity contribution in [2.45, 2.75) is 31.9 Å². The molecule has 1 fully saturated rings. The number of nitrogens with one attached hydrogen (secondary N) is 1. The predicted octanol–water partition coefficient (Wildman–Crippen LogP) is 5.67. The molecule has 3 heterocycles. The van der Waals surface area contributed by atoms with E-state index in [1.54, 1.807) is 18.2 Å². The van der Waals surface area contributed by atoms with Crippen molar-refractivity contribution >= 4 is 23.2 Å². The average molecular weight is 477 g/mol. The monoisotopic (exact) mass is 476 g/mol. The molecule has 172 valence electrons. The number of carbonyl (C=O) groups is 1. The molecule has 0 radical (unpaired) electrons. The number of carbonyl (C=O) groups excluding carboxylic acids is 1. The summed E-state index contributed by atoms with van der Waals surface area (Å²) in [6.07, 6.45) is -2.00. The second-order valence-electron chi connectivity index (χ2n) is 7.77. The van der Waals surface area contributed by atoms with E-state index >= 15 is 0 Å². The number of pyridine rings is 1. The molecule has 1 aliphatic rings. The summed E-state index contributed by atoms with van der Waals surface area (Å²) in [5.74, 6) is -0.457. The summed E-state index contributed by atoms with van der Waals surface area (Å²) in [6, 6.07) is 9.02. The summed E-state index contributed by atoms with van der Waals surface area (Å²) in [7, 11) is 0. The van der Waals surface area contributed by atoms with Crippen LogP contribution in [-0.2, 0) is 10.9 Å². The lowest BCUT2D eigenvalue weighted by atomic mass is 9.92. The topological polar surface area (TPSA) is 77.0 Å². The third-order valence-electron chi connectivity index (χ3n) is 5.52. The van der Waals surface area contributed by atoms with Crippen LogP contribution in [0.4, 0.5) is 18.9 Å². The summed E-state index contributed by atoms with van der Waals surface area (Å²) in [5.41, 5.74) is 2.26. The second-order valence-corrected chi connectivity index (χ2v) is 8.13. The van der Waals surface area contributed by atoms with Crippen molar-refractivity contribution < 1.29 is 22.7 Å². The van der Waals surface area contributed by atoms with Gasteiger partial charge in [0.05, 0.1) is 5.69 Å². The Bertz CT molecular complexity index is 1180. The van der Waals surface area contributed by atoms with Crippen LogP contribution < -0.4 is 5.32 Å². The molecule has 33 heavy (non-hydrogen) atoms. The normalized spacial score (nSPS) is 14.8. The Kier molecular flexibility index (Phi) is 6.62. The zero-order valence-electron chi connectivity index (χ0n) is 17.6. The highest BCUT2D eigenvalue weighted by atomic mass is 35.5. The summed E-state index contributed by atoms with van der Waals surface area (Å²) in [4.78, 5) is 15.8. The lowest BCUT2D eigenvalue weighted by molar-refractivity contribution is -0.141. The van der Waals surface area contributed by atoms with Gasteiger partial charge in [-0.15, -0.1) is 10.2 Å². The van der Waals surface area contributed by atoms with Crippen molar-refractivity contribution in [2.75, 3.05) is 18.5 Å². The van der Waals surface area contributed by atoms with Gasteiger partial charge in [-0.2, -0.15) is 13.2 Å².